The normalized spacial score (nSPS) is 11.7. The van der Waals surface area contributed by atoms with E-state index in [0.29, 0.717) is 5.82 Å². The lowest BCUT2D eigenvalue weighted by Gasteiger charge is -2.12. The van der Waals surface area contributed by atoms with Crippen LogP contribution in [0.2, 0.25) is 0 Å². The van der Waals surface area contributed by atoms with Gasteiger partial charge in [-0.15, -0.1) is 0 Å². The van der Waals surface area contributed by atoms with Crippen LogP contribution in [0.25, 0.3) is 0 Å². The third-order valence-corrected chi connectivity index (χ3v) is 2.40. The summed E-state index contributed by atoms with van der Waals surface area (Å²) in [6, 6.07) is 2.62. The number of nitrogen functional groups attached to an aromatic ring is 1. The molecule has 0 aromatic carbocycles. The van der Waals surface area contributed by atoms with Crippen molar-refractivity contribution in [2.24, 2.45) is 0 Å². The average Bonchev–Trinajstić information content (AvgIpc) is 2.26. The summed E-state index contributed by atoms with van der Waals surface area (Å²) in [6.07, 6.45) is -1.23. The highest BCUT2D eigenvalue weighted by Crippen LogP contribution is 2.07. The molecule has 5 N–H and O–H groups in total. The van der Waals surface area contributed by atoms with Gasteiger partial charge in [-0.3, -0.25) is 4.79 Å². The SMILES string of the molecule is Cc1nc(N)ccc1CNC(=O)[C@H](C)NC(=O)O. The smallest absolute Gasteiger partial charge is 0.405 e. The van der Waals surface area contributed by atoms with E-state index in [0.717, 1.165) is 11.3 Å². The predicted molar refractivity (Wildman–Crippen MR) is 65.9 cm³/mol. The van der Waals surface area contributed by atoms with E-state index in [9.17, 15) is 9.59 Å². The number of carboxylic acid groups (broad SMARTS) is 1. The van der Waals surface area contributed by atoms with Crippen LogP contribution in [0.5, 0.6) is 0 Å². The van der Waals surface area contributed by atoms with Gasteiger partial charge in [0.15, 0.2) is 0 Å². The van der Waals surface area contributed by atoms with Gasteiger partial charge in [0.05, 0.1) is 0 Å². The minimum absolute atomic E-state index is 0.281. The van der Waals surface area contributed by atoms with Gasteiger partial charge >= 0.3 is 6.09 Å². The molecule has 2 amide bonds. The zero-order valence-electron chi connectivity index (χ0n) is 10.2. The van der Waals surface area contributed by atoms with Crippen LogP contribution in [0.1, 0.15) is 18.2 Å². The summed E-state index contributed by atoms with van der Waals surface area (Å²) >= 11 is 0. The van der Waals surface area contributed by atoms with Crippen molar-refractivity contribution in [2.45, 2.75) is 26.4 Å². The van der Waals surface area contributed by atoms with E-state index in [1.165, 1.54) is 6.92 Å². The summed E-state index contributed by atoms with van der Waals surface area (Å²) in [4.78, 5) is 26.0. The number of rotatable bonds is 4. The number of nitrogens with zero attached hydrogens (tertiary/aromatic N) is 1. The number of pyridine rings is 1. The maximum Gasteiger partial charge on any atom is 0.405 e. The number of hydrogen-bond donors (Lipinski definition) is 4. The van der Waals surface area contributed by atoms with Gasteiger partial charge in [0.2, 0.25) is 5.91 Å². The van der Waals surface area contributed by atoms with E-state index in [1.54, 1.807) is 19.1 Å². The predicted octanol–water partition coefficient (Wildman–Crippen LogP) is 0.245. The molecule has 0 spiro atoms. The van der Waals surface area contributed by atoms with Crippen molar-refractivity contribution in [1.29, 1.82) is 0 Å². The number of hydrogen-bond acceptors (Lipinski definition) is 4. The standard InChI is InChI=1S/C11H16N4O3/c1-6-8(3-4-9(12)14-6)5-13-10(16)7(2)15-11(17)18/h3-4,7,15H,5H2,1-2H3,(H2,12,14)(H,13,16)(H,17,18)/t7-/m0/s1. The molecule has 0 fully saturated rings. The molecule has 0 aliphatic rings. The van der Waals surface area contributed by atoms with Crippen LogP contribution in [0.3, 0.4) is 0 Å². The Morgan fingerprint density at radius 2 is 2.17 bits per heavy atom. The Morgan fingerprint density at radius 3 is 2.72 bits per heavy atom. The average molecular weight is 252 g/mol. The molecule has 0 radical (unpaired) electrons. The number of anilines is 1. The summed E-state index contributed by atoms with van der Waals surface area (Å²) in [5, 5.41) is 13.2. The Morgan fingerprint density at radius 1 is 1.50 bits per heavy atom. The van der Waals surface area contributed by atoms with Crippen molar-refractivity contribution >= 4 is 17.8 Å². The highest BCUT2D eigenvalue weighted by molar-refractivity contribution is 5.84. The lowest BCUT2D eigenvalue weighted by molar-refractivity contribution is -0.122. The fourth-order valence-corrected chi connectivity index (χ4v) is 1.38. The van der Waals surface area contributed by atoms with E-state index in [2.05, 4.69) is 15.6 Å². The molecule has 7 heteroatoms. The molecule has 98 valence electrons. The number of nitrogens with two attached hydrogens (primary N) is 1. The first-order valence-electron chi connectivity index (χ1n) is 5.39. The molecule has 0 bridgehead atoms. The lowest BCUT2D eigenvalue weighted by Crippen LogP contribution is -2.44. The van der Waals surface area contributed by atoms with Gasteiger partial charge in [0.1, 0.15) is 11.9 Å². The monoisotopic (exact) mass is 252 g/mol. The lowest BCUT2D eigenvalue weighted by atomic mass is 10.2. The second-order valence-electron chi connectivity index (χ2n) is 3.87. The Balaban J connectivity index is 2.54. The molecule has 0 aliphatic heterocycles. The van der Waals surface area contributed by atoms with Gasteiger partial charge in [-0.2, -0.15) is 0 Å². The Kier molecular flexibility index (Phi) is 4.47. The summed E-state index contributed by atoms with van der Waals surface area (Å²) in [5.74, 6) is 0.0251. The minimum atomic E-state index is -1.23. The number of carbonyl (C=O) groups is 2. The van der Waals surface area contributed by atoms with Crippen molar-refractivity contribution in [3.63, 3.8) is 0 Å². The van der Waals surface area contributed by atoms with Crippen molar-refractivity contribution in [3.05, 3.63) is 23.4 Å². The summed E-state index contributed by atoms with van der Waals surface area (Å²) < 4.78 is 0. The zero-order valence-corrected chi connectivity index (χ0v) is 10.2. The maximum atomic E-state index is 11.5. The molecule has 1 aromatic heterocycles. The van der Waals surface area contributed by atoms with Crippen LogP contribution in [-0.2, 0) is 11.3 Å². The second-order valence-corrected chi connectivity index (χ2v) is 3.87. The van der Waals surface area contributed by atoms with Crippen molar-refractivity contribution < 1.29 is 14.7 Å². The molecule has 18 heavy (non-hydrogen) atoms. The van der Waals surface area contributed by atoms with Gasteiger partial charge in [-0.1, -0.05) is 6.07 Å². The van der Waals surface area contributed by atoms with Crippen molar-refractivity contribution in [1.82, 2.24) is 15.6 Å². The first-order valence-corrected chi connectivity index (χ1v) is 5.39. The quantitative estimate of drug-likeness (QED) is 0.612. The van der Waals surface area contributed by atoms with Crippen LogP contribution in [-0.4, -0.2) is 28.1 Å². The third kappa shape index (κ3) is 3.93. The zero-order chi connectivity index (χ0) is 13.7. The molecule has 7 nitrogen and oxygen atoms in total. The maximum absolute atomic E-state index is 11.5. The minimum Gasteiger partial charge on any atom is -0.465 e. The largest absolute Gasteiger partial charge is 0.465 e. The number of aromatic nitrogens is 1. The highest BCUT2D eigenvalue weighted by atomic mass is 16.4. The van der Waals surface area contributed by atoms with E-state index in [-0.39, 0.29) is 6.54 Å². The number of carbonyl (C=O) groups excluding carboxylic acids is 1. The molecule has 0 saturated carbocycles. The summed E-state index contributed by atoms with van der Waals surface area (Å²) in [7, 11) is 0. The van der Waals surface area contributed by atoms with Crippen molar-refractivity contribution in [3.8, 4) is 0 Å². The van der Waals surface area contributed by atoms with Crippen LogP contribution in [0.15, 0.2) is 12.1 Å². The van der Waals surface area contributed by atoms with Gasteiger partial charge < -0.3 is 21.5 Å². The molecule has 1 heterocycles. The molecule has 1 rings (SSSR count). The van der Waals surface area contributed by atoms with E-state index < -0.39 is 18.0 Å². The highest BCUT2D eigenvalue weighted by Gasteiger charge is 2.14. The topological polar surface area (TPSA) is 117 Å². The van der Waals surface area contributed by atoms with E-state index in [1.807, 2.05) is 0 Å². The van der Waals surface area contributed by atoms with Crippen LogP contribution in [0.4, 0.5) is 10.6 Å². The third-order valence-electron chi connectivity index (χ3n) is 2.40. The van der Waals surface area contributed by atoms with E-state index >= 15 is 0 Å². The molecule has 0 aliphatic carbocycles. The van der Waals surface area contributed by atoms with Crippen LogP contribution >= 0.6 is 0 Å². The van der Waals surface area contributed by atoms with E-state index in [4.69, 9.17) is 10.8 Å². The molecule has 0 unspecified atom stereocenters. The molecular weight excluding hydrogens is 236 g/mol. The second kappa shape index (κ2) is 5.85. The van der Waals surface area contributed by atoms with Gasteiger partial charge in [-0.25, -0.2) is 9.78 Å². The molecular formula is C11H16N4O3. The molecule has 1 atom stereocenters. The Bertz CT molecular complexity index is 462. The fraction of sp³-hybridized carbons (Fsp3) is 0.364. The van der Waals surface area contributed by atoms with Gasteiger partial charge in [0, 0.05) is 12.2 Å². The summed E-state index contributed by atoms with van der Waals surface area (Å²) in [5.41, 5.74) is 7.08. The first kappa shape index (κ1) is 13.8. The Labute approximate surface area is 104 Å². The summed E-state index contributed by atoms with van der Waals surface area (Å²) in [6.45, 7) is 3.54. The molecule has 0 saturated heterocycles. The first-order chi connectivity index (χ1) is 8.40. The fourth-order valence-electron chi connectivity index (χ4n) is 1.38. The van der Waals surface area contributed by atoms with Crippen LogP contribution in [0, 0.1) is 6.92 Å². The Hall–Kier alpha value is -2.31. The number of aryl methyl sites for hydroxylation is 1. The number of nitrogens with one attached hydrogen (secondary N) is 2. The van der Waals surface area contributed by atoms with Crippen molar-refractivity contribution in [2.75, 3.05) is 5.73 Å². The van der Waals surface area contributed by atoms with Crippen LogP contribution < -0.4 is 16.4 Å². The van der Waals surface area contributed by atoms with Gasteiger partial charge in [0.25, 0.3) is 0 Å². The molecule has 1 aromatic rings. The van der Waals surface area contributed by atoms with Gasteiger partial charge in [-0.05, 0) is 25.5 Å². The number of amides is 2.